The number of amides is 1. The van der Waals surface area contributed by atoms with E-state index in [1.54, 1.807) is 14.0 Å². The Morgan fingerprint density at radius 2 is 2.24 bits per heavy atom. The summed E-state index contributed by atoms with van der Waals surface area (Å²) in [5, 5.41) is 9.13. The monoisotopic (exact) mass is 257 g/mol. The number of aliphatic hydroxyl groups is 1. The van der Waals surface area contributed by atoms with Crippen LogP contribution >= 0.6 is 12.6 Å². The number of halogens is 1. The van der Waals surface area contributed by atoms with Crippen LogP contribution < -0.4 is 0 Å². The fourth-order valence-corrected chi connectivity index (χ4v) is 1.57. The molecular weight excluding hydrogens is 241 g/mol. The molecule has 17 heavy (non-hydrogen) atoms. The highest BCUT2D eigenvalue weighted by atomic mass is 32.1. The molecule has 1 unspecified atom stereocenters. The lowest BCUT2D eigenvalue weighted by atomic mass is 10.1. The van der Waals surface area contributed by atoms with Crippen LogP contribution in [0.15, 0.2) is 23.1 Å². The first-order valence-electron chi connectivity index (χ1n) is 5.34. The summed E-state index contributed by atoms with van der Waals surface area (Å²) >= 11 is 4.07. The third-order valence-electron chi connectivity index (χ3n) is 2.41. The van der Waals surface area contributed by atoms with Crippen molar-refractivity contribution in [1.82, 2.24) is 4.90 Å². The molecule has 1 amide bonds. The van der Waals surface area contributed by atoms with Gasteiger partial charge in [-0.1, -0.05) is 0 Å². The highest BCUT2D eigenvalue weighted by Crippen LogP contribution is 2.15. The second-order valence-corrected chi connectivity index (χ2v) is 4.54. The van der Waals surface area contributed by atoms with Gasteiger partial charge in [-0.15, -0.1) is 12.6 Å². The molecule has 0 bridgehead atoms. The van der Waals surface area contributed by atoms with Gasteiger partial charge in [0.05, 0.1) is 11.7 Å². The van der Waals surface area contributed by atoms with Crippen molar-refractivity contribution in [3.63, 3.8) is 0 Å². The van der Waals surface area contributed by atoms with Crippen molar-refractivity contribution in [1.29, 1.82) is 0 Å². The third-order valence-corrected chi connectivity index (χ3v) is 2.69. The zero-order valence-electron chi connectivity index (χ0n) is 9.85. The summed E-state index contributed by atoms with van der Waals surface area (Å²) in [6, 6.07) is 4.11. The molecule has 0 aliphatic carbocycles. The Hall–Kier alpha value is -1.07. The highest BCUT2D eigenvalue weighted by Gasteiger charge is 2.16. The van der Waals surface area contributed by atoms with E-state index < -0.39 is 17.8 Å². The number of carbonyl (C=O) groups excluding carboxylic acids is 1. The summed E-state index contributed by atoms with van der Waals surface area (Å²) < 4.78 is 13.4. The van der Waals surface area contributed by atoms with E-state index >= 15 is 0 Å². The number of nitrogens with zero attached hydrogens (tertiary/aromatic N) is 1. The van der Waals surface area contributed by atoms with Crippen LogP contribution in [0, 0.1) is 5.82 Å². The van der Waals surface area contributed by atoms with E-state index in [1.165, 1.54) is 23.1 Å². The zero-order valence-corrected chi connectivity index (χ0v) is 10.7. The van der Waals surface area contributed by atoms with Crippen LogP contribution in [0.1, 0.15) is 23.7 Å². The van der Waals surface area contributed by atoms with Crippen molar-refractivity contribution in [3.05, 3.63) is 29.6 Å². The van der Waals surface area contributed by atoms with E-state index in [2.05, 4.69) is 12.6 Å². The van der Waals surface area contributed by atoms with Gasteiger partial charge >= 0.3 is 0 Å². The number of hydrogen-bond acceptors (Lipinski definition) is 3. The molecule has 1 N–H and O–H groups in total. The summed E-state index contributed by atoms with van der Waals surface area (Å²) in [4.78, 5) is 13.8. The molecule has 5 heteroatoms. The van der Waals surface area contributed by atoms with Crippen molar-refractivity contribution >= 4 is 18.5 Å². The molecule has 3 nitrogen and oxygen atoms in total. The SMILES string of the molecule is CC(O)CCN(C)C(=O)c1cc(S)ccc1F. The van der Waals surface area contributed by atoms with Crippen LogP contribution in [0.3, 0.4) is 0 Å². The molecule has 0 aromatic heterocycles. The van der Waals surface area contributed by atoms with Crippen molar-refractivity contribution in [2.75, 3.05) is 13.6 Å². The predicted octanol–water partition coefficient (Wildman–Crippen LogP) is 1.96. The zero-order chi connectivity index (χ0) is 13.0. The molecule has 0 aliphatic heterocycles. The normalized spacial score (nSPS) is 12.3. The van der Waals surface area contributed by atoms with Crippen molar-refractivity contribution in [2.45, 2.75) is 24.3 Å². The van der Waals surface area contributed by atoms with Gasteiger partial charge in [0, 0.05) is 18.5 Å². The minimum Gasteiger partial charge on any atom is -0.393 e. The third kappa shape index (κ3) is 4.02. The predicted molar refractivity (Wildman–Crippen MR) is 66.9 cm³/mol. The lowest BCUT2D eigenvalue weighted by Crippen LogP contribution is -2.30. The van der Waals surface area contributed by atoms with Crippen LogP contribution in [0.5, 0.6) is 0 Å². The molecule has 0 saturated heterocycles. The fraction of sp³-hybridized carbons (Fsp3) is 0.417. The Kier molecular flexibility index (Phi) is 4.96. The topological polar surface area (TPSA) is 40.5 Å². The highest BCUT2D eigenvalue weighted by molar-refractivity contribution is 7.80. The average Bonchev–Trinajstić information content (AvgIpc) is 2.28. The van der Waals surface area contributed by atoms with Gasteiger partial charge in [0.25, 0.3) is 5.91 Å². The van der Waals surface area contributed by atoms with E-state index in [0.29, 0.717) is 17.9 Å². The Morgan fingerprint density at radius 3 is 2.82 bits per heavy atom. The molecule has 0 radical (unpaired) electrons. The van der Waals surface area contributed by atoms with E-state index in [9.17, 15) is 9.18 Å². The maximum absolute atomic E-state index is 13.4. The first kappa shape index (κ1) is 14.0. The molecule has 0 aliphatic rings. The van der Waals surface area contributed by atoms with Crippen molar-refractivity contribution in [2.24, 2.45) is 0 Å². The van der Waals surface area contributed by atoms with Gasteiger partial charge in [-0.25, -0.2) is 4.39 Å². The van der Waals surface area contributed by atoms with Gasteiger partial charge in [-0.2, -0.15) is 0 Å². The summed E-state index contributed by atoms with van der Waals surface area (Å²) in [6.07, 6.45) is -0.0175. The second-order valence-electron chi connectivity index (χ2n) is 4.03. The van der Waals surface area contributed by atoms with Crippen LogP contribution in [-0.2, 0) is 0 Å². The molecule has 0 spiro atoms. The van der Waals surface area contributed by atoms with Gasteiger partial charge in [0.1, 0.15) is 5.82 Å². The van der Waals surface area contributed by atoms with Crippen molar-refractivity contribution < 1.29 is 14.3 Å². The molecule has 0 heterocycles. The lowest BCUT2D eigenvalue weighted by Gasteiger charge is -2.18. The maximum atomic E-state index is 13.4. The van der Waals surface area contributed by atoms with Gasteiger partial charge in [-0.05, 0) is 31.5 Å². The van der Waals surface area contributed by atoms with Crippen LogP contribution in [-0.4, -0.2) is 35.6 Å². The number of thiol groups is 1. The Morgan fingerprint density at radius 1 is 1.59 bits per heavy atom. The lowest BCUT2D eigenvalue weighted by molar-refractivity contribution is 0.0764. The minimum absolute atomic E-state index is 0.00518. The van der Waals surface area contributed by atoms with E-state index in [0.717, 1.165) is 0 Å². The van der Waals surface area contributed by atoms with Gasteiger partial charge in [-0.3, -0.25) is 4.79 Å². The molecule has 0 saturated carbocycles. The number of aliphatic hydroxyl groups excluding tert-OH is 1. The van der Waals surface area contributed by atoms with Gasteiger partial charge in [0.2, 0.25) is 0 Å². The molecule has 0 fully saturated rings. The van der Waals surface area contributed by atoms with Gasteiger partial charge < -0.3 is 10.0 Å². The van der Waals surface area contributed by atoms with Crippen LogP contribution in [0.4, 0.5) is 4.39 Å². The smallest absolute Gasteiger partial charge is 0.256 e. The van der Waals surface area contributed by atoms with Gasteiger partial charge in [0.15, 0.2) is 0 Å². The Bertz CT molecular complexity index is 409. The van der Waals surface area contributed by atoms with E-state index in [4.69, 9.17) is 5.11 Å². The second kappa shape index (κ2) is 6.02. The summed E-state index contributed by atoms with van der Waals surface area (Å²) in [5.41, 5.74) is 0.00518. The molecule has 1 aromatic rings. The maximum Gasteiger partial charge on any atom is 0.256 e. The number of carbonyl (C=O) groups is 1. The first-order valence-corrected chi connectivity index (χ1v) is 5.78. The molecular formula is C12H16FNO2S. The quantitative estimate of drug-likeness (QED) is 0.810. The fourth-order valence-electron chi connectivity index (χ4n) is 1.36. The minimum atomic E-state index is -0.559. The summed E-state index contributed by atoms with van der Waals surface area (Å²) in [7, 11) is 1.58. The Balaban J connectivity index is 2.78. The van der Waals surface area contributed by atoms with E-state index in [-0.39, 0.29) is 5.56 Å². The number of benzene rings is 1. The number of hydrogen-bond donors (Lipinski definition) is 2. The largest absolute Gasteiger partial charge is 0.393 e. The van der Waals surface area contributed by atoms with Crippen LogP contribution in [0.2, 0.25) is 0 Å². The first-order chi connectivity index (χ1) is 7.91. The molecule has 1 atom stereocenters. The summed E-state index contributed by atoms with van der Waals surface area (Å²) in [5.74, 6) is -0.962. The molecule has 1 aromatic carbocycles. The standard InChI is InChI=1S/C12H16FNO2S/c1-8(15)5-6-14(2)12(16)10-7-9(17)3-4-11(10)13/h3-4,7-8,15,17H,5-6H2,1-2H3. The van der Waals surface area contributed by atoms with Crippen molar-refractivity contribution in [3.8, 4) is 0 Å². The molecule has 1 rings (SSSR count). The Labute approximate surface area is 106 Å². The molecule has 94 valence electrons. The van der Waals surface area contributed by atoms with E-state index in [1.807, 2.05) is 0 Å². The average molecular weight is 257 g/mol. The van der Waals surface area contributed by atoms with Crippen LogP contribution in [0.25, 0.3) is 0 Å². The number of rotatable bonds is 4. The summed E-state index contributed by atoms with van der Waals surface area (Å²) in [6.45, 7) is 2.03.